The molecule has 1 aliphatic heterocycles. The van der Waals surface area contributed by atoms with Crippen molar-refractivity contribution >= 4 is 5.88 Å². The number of ether oxygens (including phenoxy) is 1. The standard InChI is InChI=1S/C22H33N3O3/c1-3-12-24(15-19(26)17-27-2)16-20-21(18-10-6-4-7-11-18)23-28-22(20)25-13-8-5-9-14-25/h4,6-7,10-11,19,26H,3,5,8-9,12-17H2,1-2H3/t19-/m0/s1. The van der Waals surface area contributed by atoms with Crippen LogP contribution in [0.3, 0.4) is 0 Å². The molecule has 1 fully saturated rings. The van der Waals surface area contributed by atoms with Crippen molar-refractivity contribution < 1.29 is 14.4 Å². The first kappa shape index (κ1) is 20.8. The Hall–Kier alpha value is -1.89. The summed E-state index contributed by atoms with van der Waals surface area (Å²) in [6, 6.07) is 10.2. The summed E-state index contributed by atoms with van der Waals surface area (Å²) in [4.78, 5) is 4.60. The molecule has 1 atom stereocenters. The van der Waals surface area contributed by atoms with E-state index in [0.717, 1.165) is 48.8 Å². The van der Waals surface area contributed by atoms with Crippen LogP contribution in [0.25, 0.3) is 11.3 Å². The van der Waals surface area contributed by atoms with Gasteiger partial charge in [0.15, 0.2) is 0 Å². The molecule has 1 saturated heterocycles. The number of benzene rings is 1. The molecule has 0 unspecified atom stereocenters. The van der Waals surface area contributed by atoms with Crippen LogP contribution in [0.4, 0.5) is 5.88 Å². The molecule has 0 radical (unpaired) electrons. The van der Waals surface area contributed by atoms with E-state index in [0.29, 0.717) is 19.7 Å². The van der Waals surface area contributed by atoms with E-state index < -0.39 is 6.10 Å². The molecule has 154 valence electrons. The molecule has 6 heteroatoms. The van der Waals surface area contributed by atoms with Crippen molar-refractivity contribution in [3.05, 3.63) is 35.9 Å². The second-order valence-corrected chi connectivity index (χ2v) is 7.57. The van der Waals surface area contributed by atoms with Crippen molar-refractivity contribution in [1.82, 2.24) is 10.1 Å². The first-order valence-electron chi connectivity index (χ1n) is 10.4. The molecule has 0 saturated carbocycles. The number of hydrogen-bond acceptors (Lipinski definition) is 6. The van der Waals surface area contributed by atoms with Gasteiger partial charge in [0.2, 0.25) is 5.88 Å². The van der Waals surface area contributed by atoms with Gasteiger partial charge < -0.3 is 19.3 Å². The van der Waals surface area contributed by atoms with Gasteiger partial charge in [-0.2, -0.15) is 0 Å². The number of piperidine rings is 1. The van der Waals surface area contributed by atoms with Gasteiger partial charge in [0, 0.05) is 38.9 Å². The highest BCUT2D eigenvalue weighted by molar-refractivity contribution is 5.68. The Morgan fingerprint density at radius 3 is 2.64 bits per heavy atom. The van der Waals surface area contributed by atoms with Crippen LogP contribution in [-0.2, 0) is 11.3 Å². The molecule has 0 spiro atoms. The van der Waals surface area contributed by atoms with E-state index in [9.17, 15) is 5.11 Å². The van der Waals surface area contributed by atoms with E-state index >= 15 is 0 Å². The maximum absolute atomic E-state index is 10.3. The first-order chi connectivity index (χ1) is 13.7. The summed E-state index contributed by atoms with van der Waals surface area (Å²) in [6.07, 6.45) is 4.16. The van der Waals surface area contributed by atoms with Gasteiger partial charge >= 0.3 is 0 Å². The van der Waals surface area contributed by atoms with E-state index in [1.54, 1.807) is 7.11 Å². The Morgan fingerprint density at radius 1 is 1.21 bits per heavy atom. The molecule has 1 aliphatic rings. The van der Waals surface area contributed by atoms with Crippen molar-refractivity contribution in [2.45, 2.75) is 45.3 Å². The van der Waals surface area contributed by atoms with E-state index in [4.69, 9.17) is 9.26 Å². The highest BCUT2D eigenvalue weighted by Gasteiger charge is 2.25. The van der Waals surface area contributed by atoms with Crippen LogP contribution >= 0.6 is 0 Å². The largest absolute Gasteiger partial charge is 0.389 e. The minimum absolute atomic E-state index is 0.342. The molecule has 1 aromatic heterocycles. The second kappa shape index (κ2) is 10.6. The minimum Gasteiger partial charge on any atom is -0.389 e. The molecule has 6 nitrogen and oxygen atoms in total. The topological polar surface area (TPSA) is 62.0 Å². The molecule has 3 rings (SSSR count). The van der Waals surface area contributed by atoms with E-state index in [2.05, 4.69) is 34.0 Å². The van der Waals surface area contributed by atoms with Crippen molar-refractivity contribution in [2.75, 3.05) is 44.8 Å². The van der Waals surface area contributed by atoms with E-state index in [1.807, 2.05) is 18.2 Å². The lowest BCUT2D eigenvalue weighted by Crippen LogP contribution is -2.36. The fourth-order valence-electron chi connectivity index (χ4n) is 3.93. The highest BCUT2D eigenvalue weighted by Crippen LogP contribution is 2.33. The van der Waals surface area contributed by atoms with Crippen molar-refractivity contribution in [1.29, 1.82) is 0 Å². The molecular weight excluding hydrogens is 354 g/mol. The SMILES string of the molecule is CCCN(Cc1c(-c2ccccc2)noc1N1CCCCC1)C[C@H](O)COC. The monoisotopic (exact) mass is 387 g/mol. The van der Waals surface area contributed by atoms with Gasteiger partial charge in [-0.05, 0) is 32.2 Å². The van der Waals surface area contributed by atoms with Crippen LogP contribution < -0.4 is 4.90 Å². The lowest BCUT2D eigenvalue weighted by Gasteiger charge is -2.29. The van der Waals surface area contributed by atoms with Gasteiger partial charge in [-0.25, -0.2) is 0 Å². The maximum atomic E-state index is 10.3. The van der Waals surface area contributed by atoms with Gasteiger partial charge in [0.25, 0.3) is 0 Å². The lowest BCUT2D eigenvalue weighted by atomic mass is 10.1. The molecule has 0 bridgehead atoms. The predicted octanol–water partition coefficient (Wildman–Crippen LogP) is 3.55. The maximum Gasteiger partial charge on any atom is 0.232 e. The van der Waals surface area contributed by atoms with Gasteiger partial charge in [0.1, 0.15) is 5.69 Å². The third kappa shape index (κ3) is 5.34. The minimum atomic E-state index is -0.505. The Morgan fingerprint density at radius 2 is 1.96 bits per heavy atom. The molecule has 0 amide bonds. The molecule has 28 heavy (non-hydrogen) atoms. The zero-order chi connectivity index (χ0) is 19.8. The van der Waals surface area contributed by atoms with Gasteiger partial charge in [-0.1, -0.05) is 42.4 Å². The van der Waals surface area contributed by atoms with E-state index in [1.165, 1.54) is 19.3 Å². The molecule has 2 aromatic rings. The Kier molecular flexibility index (Phi) is 7.89. The van der Waals surface area contributed by atoms with Crippen LogP contribution in [-0.4, -0.2) is 61.2 Å². The highest BCUT2D eigenvalue weighted by atomic mass is 16.5. The summed E-state index contributed by atoms with van der Waals surface area (Å²) < 4.78 is 11.0. The number of methoxy groups -OCH3 is 1. The Balaban J connectivity index is 1.89. The smallest absolute Gasteiger partial charge is 0.232 e. The zero-order valence-electron chi connectivity index (χ0n) is 17.1. The summed E-state index contributed by atoms with van der Waals surface area (Å²) >= 11 is 0. The Labute approximate surface area is 168 Å². The third-order valence-electron chi connectivity index (χ3n) is 5.21. The average Bonchev–Trinajstić information content (AvgIpc) is 3.13. The summed E-state index contributed by atoms with van der Waals surface area (Å²) in [5, 5.41) is 14.7. The second-order valence-electron chi connectivity index (χ2n) is 7.57. The van der Waals surface area contributed by atoms with Crippen LogP contribution in [0.5, 0.6) is 0 Å². The van der Waals surface area contributed by atoms with Gasteiger partial charge in [0.05, 0.1) is 18.3 Å². The van der Waals surface area contributed by atoms with Crippen LogP contribution in [0, 0.1) is 0 Å². The molecule has 0 aliphatic carbocycles. The number of aromatic nitrogens is 1. The molecule has 1 N–H and O–H groups in total. The van der Waals surface area contributed by atoms with Crippen molar-refractivity contribution in [3.63, 3.8) is 0 Å². The number of aliphatic hydroxyl groups excluding tert-OH is 1. The van der Waals surface area contributed by atoms with Crippen molar-refractivity contribution in [3.8, 4) is 11.3 Å². The fraction of sp³-hybridized carbons (Fsp3) is 0.591. The number of aliphatic hydroxyl groups is 1. The summed E-state index contributed by atoms with van der Waals surface area (Å²) in [7, 11) is 1.62. The first-order valence-corrected chi connectivity index (χ1v) is 10.4. The molecule has 1 aromatic carbocycles. The van der Waals surface area contributed by atoms with Crippen molar-refractivity contribution in [2.24, 2.45) is 0 Å². The molecular formula is C22H33N3O3. The number of hydrogen-bond donors (Lipinski definition) is 1. The number of rotatable bonds is 10. The quantitative estimate of drug-likeness (QED) is 0.673. The number of anilines is 1. The zero-order valence-corrected chi connectivity index (χ0v) is 17.1. The fourth-order valence-corrected chi connectivity index (χ4v) is 3.93. The van der Waals surface area contributed by atoms with E-state index in [-0.39, 0.29) is 0 Å². The average molecular weight is 388 g/mol. The predicted molar refractivity (Wildman–Crippen MR) is 111 cm³/mol. The van der Waals surface area contributed by atoms with Crippen LogP contribution in [0.15, 0.2) is 34.9 Å². The summed E-state index contributed by atoms with van der Waals surface area (Å²) in [5.74, 6) is 0.890. The number of nitrogens with zero attached hydrogens (tertiary/aromatic N) is 3. The van der Waals surface area contributed by atoms with Gasteiger partial charge in [-0.15, -0.1) is 0 Å². The van der Waals surface area contributed by atoms with Gasteiger partial charge in [-0.3, -0.25) is 4.90 Å². The van der Waals surface area contributed by atoms with Crippen LogP contribution in [0.2, 0.25) is 0 Å². The van der Waals surface area contributed by atoms with Crippen LogP contribution in [0.1, 0.15) is 38.2 Å². The summed E-state index contributed by atoms with van der Waals surface area (Å²) in [6.45, 7) is 6.70. The summed E-state index contributed by atoms with van der Waals surface area (Å²) in [5.41, 5.74) is 3.09. The molecule has 2 heterocycles. The normalized spacial score (nSPS) is 15.9. The Bertz CT molecular complexity index is 698. The third-order valence-corrected chi connectivity index (χ3v) is 5.21. The lowest BCUT2D eigenvalue weighted by molar-refractivity contribution is 0.0358.